The van der Waals surface area contributed by atoms with Gasteiger partial charge in [-0.05, 0) is 55.7 Å². The molecule has 24 heavy (non-hydrogen) atoms. The van der Waals surface area contributed by atoms with E-state index in [1.165, 1.54) is 24.5 Å². The molecular weight excluding hydrogens is 326 g/mol. The molecule has 7 heteroatoms. The molecule has 3 rings (SSSR count). The van der Waals surface area contributed by atoms with E-state index in [0.29, 0.717) is 23.1 Å². The lowest BCUT2D eigenvalue weighted by atomic mass is 9.84. The summed E-state index contributed by atoms with van der Waals surface area (Å²) >= 11 is 0. The number of nitrogens with zero attached hydrogens (tertiary/aromatic N) is 1. The van der Waals surface area contributed by atoms with Crippen LogP contribution >= 0.6 is 0 Å². The lowest BCUT2D eigenvalue weighted by Crippen LogP contribution is -2.42. The molecule has 1 amide bonds. The first-order valence-electron chi connectivity index (χ1n) is 8.31. The predicted octanol–water partition coefficient (Wildman–Crippen LogP) is 1.56. The Bertz CT molecular complexity index is 758. The van der Waals surface area contributed by atoms with Crippen LogP contribution in [0, 0.1) is 24.7 Å². The lowest BCUT2D eigenvalue weighted by molar-refractivity contribution is -0.121. The van der Waals surface area contributed by atoms with Crippen LogP contribution in [0.25, 0.3) is 0 Å². The van der Waals surface area contributed by atoms with Crippen molar-refractivity contribution >= 4 is 21.6 Å². The van der Waals surface area contributed by atoms with Crippen LogP contribution in [0.2, 0.25) is 0 Å². The van der Waals surface area contributed by atoms with Gasteiger partial charge < -0.3 is 11.1 Å². The van der Waals surface area contributed by atoms with E-state index in [9.17, 15) is 13.2 Å². The van der Waals surface area contributed by atoms with Crippen molar-refractivity contribution in [3.05, 3.63) is 23.8 Å². The van der Waals surface area contributed by atoms with E-state index >= 15 is 0 Å². The van der Waals surface area contributed by atoms with Gasteiger partial charge in [0.15, 0.2) is 0 Å². The Hall–Kier alpha value is -1.44. The first-order valence-corrected chi connectivity index (χ1v) is 9.75. The van der Waals surface area contributed by atoms with Crippen LogP contribution < -0.4 is 11.1 Å². The summed E-state index contributed by atoms with van der Waals surface area (Å²) in [6, 6.07) is 4.90. The first-order chi connectivity index (χ1) is 11.2. The second-order valence-electron chi connectivity index (χ2n) is 7.19. The molecular formula is C17H25N3O3S. The number of anilines is 1. The first kappa shape index (κ1) is 17.4. The fourth-order valence-corrected chi connectivity index (χ4v) is 5.25. The van der Waals surface area contributed by atoms with Gasteiger partial charge >= 0.3 is 0 Å². The molecule has 2 bridgehead atoms. The molecule has 6 nitrogen and oxygen atoms in total. The number of hydrogen-bond acceptors (Lipinski definition) is 4. The molecule has 0 saturated heterocycles. The van der Waals surface area contributed by atoms with E-state index in [4.69, 9.17) is 5.73 Å². The molecule has 4 atom stereocenters. The number of nitrogens with one attached hydrogen (secondary N) is 1. The number of aryl methyl sites for hydroxylation is 1. The summed E-state index contributed by atoms with van der Waals surface area (Å²) < 4.78 is 26.0. The molecule has 0 aromatic heterocycles. The zero-order valence-corrected chi connectivity index (χ0v) is 15.1. The number of sulfonamides is 1. The number of benzene rings is 1. The molecule has 0 heterocycles. The van der Waals surface area contributed by atoms with E-state index in [-0.39, 0.29) is 22.8 Å². The second kappa shape index (κ2) is 6.13. The maximum atomic E-state index is 12.6. The van der Waals surface area contributed by atoms with Crippen molar-refractivity contribution in [3.63, 3.8) is 0 Å². The van der Waals surface area contributed by atoms with Crippen molar-refractivity contribution < 1.29 is 13.2 Å². The Kier molecular flexibility index (Phi) is 4.44. The van der Waals surface area contributed by atoms with Crippen molar-refractivity contribution in [3.8, 4) is 0 Å². The van der Waals surface area contributed by atoms with Gasteiger partial charge in [0.05, 0.1) is 10.8 Å². The van der Waals surface area contributed by atoms with Crippen LogP contribution in [0.5, 0.6) is 0 Å². The molecule has 132 valence electrons. The standard InChI is InChI=1S/C17H25N3O3S/c1-10-4-7-13(9-14(10)24(22,23)20(2)3)19-17(21)15-11-5-6-12(8-11)16(15)18/h4,7,9,11-12,15-16H,5-6,8,18H2,1-3H3,(H,19,21). The van der Waals surface area contributed by atoms with Gasteiger partial charge in [-0.1, -0.05) is 6.07 Å². The minimum Gasteiger partial charge on any atom is -0.327 e. The fraction of sp³-hybridized carbons (Fsp3) is 0.588. The van der Waals surface area contributed by atoms with E-state index < -0.39 is 10.0 Å². The Balaban J connectivity index is 1.83. The number of amides is 1. The van der Waals surface area contributed by atoms with Crippen LogP contribution in [0.15, 0.2) is 23.1 Å². The van der Waals surface area contributed by atoms with Gasteiger partial charge in [0.1, 0.15) is 0 Å². The molecule has 2 aliphatic rings. The molecule has 3 N–H and O–H groups in total. The minimum atomic E-state index is -3.55. The quantitative estimate of drug-likeness (QED) is 0.861. The summed E-state index contributed by atoms with van der Waals surface area (Å²) in [6.45, 7) is 1.74. The molecule has 4 unspecified atom stereocenters. The third-order valence-electron chi connectivity index (χ3n) is 5.50. The number of fused-ring (bicyclic) bond motifs is 2. The third-order valence-corrected chi connectivity index (χ3v) is 7.45. The maximum absolute atomic E-state index is 12.6. The normalized spacial score (nSPS) is 29.2. The number of hydrogen-bond donors (Lipinski definition) is 2. The zero-order chi connectivity index (χ0) is 17.6. The Labute approximate surface area is 143 Å². The number of carbonyl (C=O) groups excluding carboxylic acids is 1. The average molecular weight is 351 g/mol. The molecule has 1 aromatic carbocycles. The minimum absolute atomic E-state index is 0.0841. The molecule has 0 aliphatic heterocycles. The van der Waals surface area contributed by atoms with Gasteiger partial charge in [0.2, 0.25) is 15.9 Å². The highest BCUT2D eigenvalue weighted by molar-refractivity contribution is 7.89. The van der Waals surface area contributed by atoms with Gasteiger partial charge in [0.25, 0.3) is 0 Å². The van der Waals surface area contributed by atoms with Crippen LogP contribution in [0.1, 0.15) is 24.8 Å². The molecule has 2 fully saturated rings. The summed E-state index contributed by atoms with van der Waals surface area (Å²) in [6.07, 6.45) is 3.21. The van der Waals surface area contributed by atoms with Crippen LogP contribution in [-0.4, -0.2) is 38.8 Å². The summed E-state index contributed by atoms with van der Waals surface area (Å²) in [5.41, 5.74) is 7.37. The molecule has 1 aromatic rings. The Morgan fingerprint density at radius 1 is 1.25 bits per heavy atom. The van der Waals surface area contributed by atoms with Crippen molar-refractivity contribution in [1.82, 2.24) is 4.31 Å². The smallest absolute Gasteiger partial charge is 0.242 e. The summed E-state index contributed by atoms with van der Waals surface area (Å²) in [5, 5.41) is 2.88. The monoisotopic (exact) mass is 351 g/mol. The largest absolute Gasteiger partial charge is 0.327 e. The zero-order valence-electron chi connectivity index (χ0n) is 14.3. The highest BCUT2D eigenvalue weighted by atomic mass is 32.2. The highest BCUT2D eigenvalue weighted by Crippen LogP contribution is 2.47. The SMILES string of the molecule is Cc1ccc(NC(=O)C2C3CCC(C3)C2N)cc1S(=O)(=O)N(C)C. The van der Waals surface area contributed by atoms with E-state index in [2.05, 4.69) is 5.32 Å². The summed E-state index contributed by atoms with van der Waals surface area (Å²) in [4.78, 5) is 12.9. The van der Waals surface area contributed by atoms with E-state index in [1.54, 1.807) is 19.1 Å². The van der Waals surface area contributed by atoms with Crippen molar-refractivity contribution in [2.45, 2.75) is 37.1 Å². The second-order valence-corrected chi connectivity index (χ2v) is 9.31. The van der Waals surface area contributed by atoms with Gasteiger partial charge in [-0.3, -0.25) is 4.79 Å². The third kappa shape index (κ3) is 2.85. The molecule has 2 aliphatic carbocycles. The molecule has 0 spiro atoms. The number of carbonyl (C=O) groups is 1. The van der Waals surface area contributed by atoms with Crippen LogP contribution in [0.3, 0.4) is 0 Å². The van der Waals surface area contributed by atoms with Gasteiger partial charge in [0, 0.05) is 25.8 Å². The average Bonchev–Trinajstić information content (AvgIpc) is 3.09. The molecule has 2 saturated carbocycles. The van der Waals surface area contributed by atoms with Crippen molar-refractivity contribution in [2.24, 2.45) is 23.5 Å². The van der Waals surface area contributed by atoms with Crippen LogP contribution in [0.4, 0.5) is 5.69 Å². The van der Waals surface area contributed by atoms with E-state index in [1.807, 2.05) is 0 Å². The number of rotatable bonds is 4. The Morgan fingerprint density at radius 2 is 1.92 bits per heavy atom. The van der Waals surface area contributed by atoms with E-state index in [0.717, 1.165) is 19.3 Å². The van der Waals surface area contributed by atoms with Gasteiger partial charge in [-0.25, -0.2) is 12.7 Å². The maximum Gasteiger partial charge on any atom is 0.242 e. The lowest BCUT2D eigenvalue weighted by Gasteiger charge is -2.27. The topological polar surface area (TPSA) is 92.5 Å². The predicted molar refractivity (Wildman–Crippen MR) is 93.0 cm³/mol. The number of nitrogens with two attached hydrogens (primary N) is 1. The summed E-state index contributed by atoms with van der Waals surface area (Å²) in [7, 11) is -0.558. The fourth-order valence-electron chi connectivity index (χ4n) is 4.10. The van der Waals surface area contributed by atoms with Crippen LogP contribution in [-0.2, 0) is 14.8 Å². The highest BCUT2D eigenvalue weighted by Gasteiger charge is 2.49. The van der Waals surface area contributed by atoms with Crippen molar-refractivity contribution in [1.29, 1.82) is 0 Å². The van der Waals surface area contributed by atoms with Gasteiger partial charge in [-0.15, -0.1) is 0 Å². The summed E-state index contributed by atoms with van der Waals surface area (Å²) in [5.74, 6) is 0.555. The van der Waals surface area contributed by atoms with Crippen molar-refractivity contribution in [2.75, 3.05) is 19.4 Å². The van der Waals surface area contributed by atoms with Gasteiger partial charge in [-0.2, -0.15) is 0 Å². The molecule has 0 radical (unpaired) electrons. The Morgan fingerprint density at radius 3 is 2.50 bits per heavy atom.